The Labute approximate surface area is 113 Å². The quantitative estimate of drug-likeness (QED) is 0.791. The molecule has 2 atom stereocenters. The van der Waals surface area contributed by atoms with Crippen LogP contribution in [0.3, 0.4) is 0 Å². The molecule has 0 saturated heterocycles. The normalized spacial score (nSPS) is 23.9. The molecule has 0 spiro atoms. The first-order chi connectivity index (χ1) is 8.66. The fourth-order valence-electron chi connectivity index (χ4n) is 3.30. The monoisotopic (exact) mass is 260 g/mol. The van der Waals surface area contributed by atoms with Crippen molar-refractivity contribution in [3.05, 3.63) is 28.5 Å². The Morgan fingerprint density at radius 3 is 2.94 bits per heavy atom. The van der Waals surface area contributed by atoms with Crippen LogP contribution in [0.2, 0.25) is 0 Å². The second-order valence-corrected chi connectivity index (χ2v) is 6.07. The SMILES string of the molecule is Cc1cccc2[nH]c(=S)n(CC3CCCC3C)c12. The molecule has 96 valence electrons. The number of benzene rings is 1. The van der Waals surface area contributed by atoms with E-state index in [-0.39, 0.29) is 0 Å². The van der Waals surface area contributed by atoms with Crippen molar-refractivity contribution in [3.8, 4) is 0 Å². The minimum atomic E-state index is 0.787. The van der Waals surface area contributed by atoms with Crippen molar-refractivity contribution in [2.24, 2.45) is 11.8 Å². The molecule has 3 heteroatoms. The summed E-state index contributed by atoms with van der Waals surface area (Å²) < 4.78 is 3.19. The van der Waals surface area contributed by atoms with Crippen LogP contribution in [0.1, 0.15) is 31.7 Å². The predicted octanol–water partition coefficient (Wildman–Crippen LogP) is 4.44. The number of hydrogen-bond donors (Lipinski definition) is 1. The van der Waals surface area contributed by atoms with Crippen molar-refractivity contribution in [3.63, 3.8) is 0 Å². The highest BCUT2D eigenvalue weighted by Gasteiger charge is 2.24. The van der Waals surface area contributed by atoms with Crippen molar-refractivity contribution in [2.75, 3.05) is 0 Å². The summed E-state index contributed by atoms with van der Waals surface area (Å²) in [6, 6.07) is 6.37. The lowest BCUT2D eigenvalue weighted by molar-refractivity contribution is 0.366. The number of H-pyrrole nitrogens is 1. The zero-order chi connectivity index (χ0) is 12.7. The van der Waals surface area contributed by atoms with Crippen molar-refractivity contribution < 1.29 is 0 Å². The first-order valence-corrected chi connectivity index (χ1v) is 7.26. The predicted molar refractivity (Wildman–Crippen MR) is 78.4 cm³/mol. The first-order valence-electron chi connectivity index (χ1n) is 6.85. The van der Waals surface area contributed by atoms with E-state index in [1.165, 1.54) is 35.9 Å². The number of nitrogens with one attached hydrogen (secondary N) is 1. The Bertz CT molecular complexity index is 623. The fraction of sp³-hybridized carbons (Fsp3) is 0.533. The Morgan fingerprint density at radius 2 is 2.22 bits per heavy atom. The number of imidazole rings is 1. The number of fused-ring (bicyclic) bond motifs is 1. The summed E-state index contributed by atoms with van der Waals surface area (Å²) in [6.45, 7) is 5.62. The summed E-state index contributed by atoms with van der Waals surface area (Å²) >= 11 is 5.49. The van der Waals surface area contributed by atoms with Crippen molar-refractivity contribution in [2.45, 2.75) is 39.7 Å². The van der Waals surface area contributed by atoms with Gasteiger partial charge in [0, 0.05) is 6.54 Å². The summed E-state index contributed by atoms with van der Waals surface area (Å²) in [6.07, 6.45) is 4.10. The molecule has 1 aromatic heterocycles. The highest BCUT2D eigenvalue weighted by molar-refractivity contribution is 7.71. The third-order valence-corrected chi connectivity index (χ3v) is 4.77. The molecule has 1 fully saturated rings. The number of aromatic nitrogens is 2. The standard InChI is InChI=1S/C15H20N2S/c1-10-5-3-7-12(10)9-17-14-11(2)6-4-8-13(14)16-15(17)18/h4,6,8,10,12H,3,5,7,9H2,1-2H3,(H,16,18). The molecule has 3 rings (SSSR count). The van der Waals surface area contributed by atoms with Gasteiger partial charge in [-0.25, -0.2) is 0 Å². The van der Waals surface area contributed by atoms with Gasteiger partial charge in [0.25, 0.3) is 0 Å². The van der Waals surface area contributed by atoms with Crippen LogP contribution >= 0.6 is 12.2 Å². The summed E-state index contributed by atoms with van der Waals surface area (Å²) in [5.74, 6) is 1.62. The maximum absolute atomic E-state index is 5.49. The molecule has 0 bridgehead atoms. The van der Waals surface area contributed by atoms with Crippen molar-refractivity contribution >= 4 is 23.3 Å². The van der Waals surface area contributed by atoms with Gasteiger partial charge < -0.3 is 9.55 Å². The van der Waals surface area contributed by atoms with Gasteiger partial charge in [0.15, 0.2) is 4.77 Å². The van der Waals surface area contributed by atoms with Crippen molar-refractivity contribution in [1.29, 1.82) is 0 Å². The Balaban J connectivity index is 2.06. The van der Waals surface area contributed by atoms with Crippen LogP contribution in [0.15, 0.2) is 18.2 Å². The molecule has 0 amide bonds. The molecule has 1 N–H and O–H groups in total. The minimum Gasteiger partial charge on any atom is -0.331 e. The molecule has 2 nitrogen and oxygen atoms in total. The Kier molecular flexibility index (Phi) is 3.02. The van der Waals surface area contributed by atoms with Gasteiger partial charge in [0.05, 0.1) is 11.0 Å². The smallest absolute Gasteiger partial charge is 0.178 e. The van der Waals surface area contributed by atoms with Crippen molar-refractivity contribution in [1.82, 2.24) is 9.55 Å². The molecule has 2 unspecified atom stereocenters. The highest BCUT2D eigenvalue weighted by Crippen LogP contribution is 2.33. The van der Waals surface area contributed by atoms with Gasteiger partial charge in [-0.15, -0.1) is 0 Å². The van der Waals surface area contributed by atoms with Gasteiger partial charge in [-0.3, -0.25) is 0 Å². The molecule has 1 aromatic carbocycles. The van der Waals surface area contributed by atoms with E-state index in [0.717, 1.165) is 23.2 Å². The maximum atomic E-state index is 5.49. The number of nitrogens with zero attached hydrogens (tertiary/aromatic N) is 1. The van der Waals surface area contributed by atoms with Gasteiger partial charge in [0.2, 0.25) is 0 Å². The van der Waals surface area contributed by atoms with E-state index in [2.05, 4.69) is 41.6 Å². The summed E-state index contributed by atoms with van der Waals surface area (Å²) in [7, 11) is 0. The van der Waals surface area contributed by atoms with E-state index < -0.39 is 0 Å². The molecule has 1 heterocycles. The maximum Gasteiger partial charge on any atom is 0.178 e. The van der Waals surface area contributed by atoms with Gasteiger partial charge in [0.1, 0.15) is 0 Å². The molecule has 1 saturated carbocycles. The van der Waals surface area contributed by atoms with Crippen LogP contribution in [0, 0.1) is 23.5 Å². The highest BCUT2D eigenvalue weighted by atomic mass is 32.1. The summed E-state index contributed by atoms with van der Waals surface area (Å²) in [5.41, 5.74) is 3.78. The third kappa shape index (κ3) is 1.91. The molecule has 0 aliphatic heterocycles. The van der Waals surface area contributed by atoms with Crippen LogP contribution < -0.4 is 0 Å². The zero-order valence-corrected chi connectivity index (χ0v) is 11.9. The fourth-order valence-corrected chi connectivity index (χ4v) is 3.58. The molecular weight excluding hydrogens is 240 g/mol. The Hall–Kier alpha value is -1.09. The van der Waals surface area contributed by atoms with E-state index >= 15 is 0 Å². The van der Waals surface area contributed by atoms with Crippen LogP contribution in [-0.4, -0.2) is 9.55 Å². The lowest BCUT2D eigenvalue weighted by atomic mass is 9.98. The number of aryl methyl sites for hydroxylation is 1. The van der Waals surface area contributed by atoms with E-state index in [0.29, 0.717) is 0 Å². The number of aromatic amines is 1. The molecule has 1 aliphatic rings. The molecule has 1 aliphatic carbocycles. The number of rotatable bonds is 2. The first kappa shape index (κ1) is 12.0. The van der Waals surface area contributed by atoms with Crippen LogP contribution in [-0.2, 0) is 6.54 Å². The van der Waals surface area contributed by atoms with Gasteiger partial charge >= 0.3 is 0 Å². The summed E-state index contributed by atoms with van der Waals surface area (Å²) in [4.78, 5) is 3.33. The average molecular weight is 260 g/mol. The minimum absolute atomic E-state index is 0.787. The largest absolute Gasteiger partial charge is 0.331 e. The molecule has 0 radical (unpaired) electrons. The average Bonchev–Trinajstić information content (AvgIpc) is 2.86. The van der Waals surface area contributed by atoms with E-state index in [1.54, 1.807) is 0 Å². The topological polar surface area (TPSA) is 20.7 Å². The van der Waals surface area contributed by atoms with Gasteiger partial charge in [-0.05, 0) is 49.0 Å². The van der Waals surface area contributed by atoms with E-state index in [4.69, 9.17) is 12.2 Å². The van der Waals surface area contributed by atoms with Crippen LogP contribution in [0.25, 0.3) is 11.0 Å². The number of hydrogen-bond acceptors (Lipinski definition) is 1. The molecule has 18 heavy (non-hydrogen) atoms. The number of para-hydroxylation sites is 1. The lowest BCUT2D eigenvalue weighted by Gasteiger charge is -2.17. The van der Waals surface area contributed by atoms with E-state index in [9.17, 15) is 0 Å². The second-order valence-electron chi connectivity index (χ2n) is 5.68. The Morgan fingerprint density at radius 1 is 1.39 bits per heavy atom. The molecule has 2 aromatic rings. The third-order valence-electron chi connectivity index (χ3n) is 4.45. The van der Waals surface area contributed by atoms with Gasteiger partial charge in [-0.1, -0.05) is 31.9 Å². The molecular formula is C15H20N2S. The summed E-state index contributed by atoms with van der Waals surface area (Å²) in [5, 5.41) is 0. The lowest BCUT2D eigenvalue weighted by Crippen LogP contribution is -2.13. The van der Waals surface area contributed by atoms with Crippen LogP contribution in [0.5, 0.6) is 0 Å². The van der Waals surface area contributed by atoms with Crippen LogP contribution in [0.4, 0.5) is 0 Å². The zero-order valence-electron chi connectivity index (χ0n) is 11.1. The van der Waals surface area contributed by atoms with Gasteiger partial charge in [-0.2, -0.15) is 0 Å². The second kappa shape index (κ2) is 4.54. The van der Waals surface area contributed by atoms with E-state index in [1.807, 2.05) is 0 Å².